The molecule has 0 saturated carbocycles. The molecule has 0 heterocycles. The molecular weight excluding hydrogens is 237 g/mol. The molecule has 1 aromatic carbocycles. The summed E-state index contributed by atoms with van der Waals surface area (Å²) in [6.45, 7) is 1.84. The van der Waals surface area contributed by atoms with Crippen molar-refractivity contribution in [2.75, 3.05) is 26.7 Å². The Morgan fingerprint density at radius 3 is 2.61 bits per heavy atom. The fraction of sp³-hybridized carbons (Fsp3) is 0.462. The number of rotatable bonds is 8. The third kappa shape index (κ3) is 6.20. The molecule has 0 aliphatic heterocycles. The predicted octanol–water partition coefficient (Wildman–Crippen LogP) is 2.00. The van der Waals surface area contributed by atoms with Gasteiger partial charge in [-0.15, -0.1) is 0 Å². The van der Waals surface area contributed by atoms with Crippen LogP contribution in [-0.2, 0) is 4.79 Å². The zero-order valence-electron chi connectivity index (χ0n) is 10.4. The monoisotopic (exact) mass is 255 g/mol. The molecule has 0 atom stereocenters. The summed E-state index contributed by atoms with van der Waals surface area (Å²) >= 11 is 0. The summed E-state index contributed by atoms with van der Waals surface area (Å²) in [7, 11) is 1.88. The summed E-state index contributed by atoms with van der Waals surface area (Å²) in [5, 5.41) is 8.52. The lowest BCUT2D eigenvalue weighted by Gasteiger charge is -2.15. The van der Waals surface area contributed by atoms with Crippen LogP contribution in [0.15, 0.2) is 24.3 Å². The highest BCUT2D eigenvalue weighted by atomic mass is 19.1. The van der Waals surface area contributed by atoms with E-state index in [1.165, 1.54) is 12.1 Å². The van der Waals surface area contributed by atoms with Gasteiger partial charge >= 0.3 is 5.97 Å². The van der Waals surface area contributed by atoms with Gasteiger partial charge in [0.05, 0.1) is 13.0 Å². The molecule has 0 amide bonds. The van der Waals surface area contributed by atoms with Gasteiger partial charge in [0.2, 0.25) is 0 Å². The van der Waals surface area contributed by atoms with Crippen molar-refractivity contribution in [2.24, 2.45) is 0 Å². The van der Waals surface area contributed by atoms with Gasteiger partial charge in [-0.2, -0.15) is 0 Å². The molecule has 5 heteroatoms. The number of hydrogen-bond donors (Lipinski definition) is 1. The molecule has 0 unspecified atom stereocenters. The summed E-state index contributed by atoms with van der Waals surface area (Å²) in [4.78, 5) is 12.3. The first kappa shape index (κ1) is 14.4. The van der Waals surface area contributed by atoms with Crippen LogP contribution in [-0.4, -0.2) is 42.7 Å². The molecular formula is C13H18FNO3. The second kappa shape index (κ2) is 7.66. The van der Waals surface area contributed by atoms with Crippen molar-refractivity contribution in [3.63, 3.8) is 0 Å². The molecule has 0 bridgehead atoms. The highest BCUT2D eigenvalue weighted by Crippen LogP contribution is 2.11. The molecule has 18 heavy (non-hydrogen) atoms. The molecule has 1 rings (SSSR count). The fourth-order valence-electron chi connectivity index (χ4n) is 1.45. The topological polar surface area (TPSA) is 49.8 Å². The molecule has 0 fully saturated rings. The van der Waals surface area contributed by atoms with Crippen LogP contribution in [0.1, 0.15) is 12.8 Å². The zero-order chi connectivity index (χ0) is 13.4. The second-order valence-electron chi connectivity index (χ2n) is 4.10. The number of halogens is 1. The van der Waals surface area contributed by atoms with Crippen molar-refractivity contribution >= 4 is 5.97 Å². The van der Waals surface area contributed by atoms with Crippen molar-refractivity contribution in [1.29, 1.82) is 0 Å². The quantitative estimate of drug-likeness (QED) is 0.722. The predicted molar refractivity (Wildman–Crippen MR) is 66.3 cm³/mol. The lowest BCUT2D eigenvalue weighted by Crippen LogP contribution is -2.24. The zero-order valence-corrected chi connectivity index (χ0v) is 10.4. The minimum atomic E-state index is -0.788. The van der Waals surface area contributed by atoms with Gasteiger partial charge < -0.3 is 14.7 Å². The third-order valence-corrected chi connectivity index (χ3v) is 2.47. The Kier molecular flexibility index (Phi) is 6.14. The fourth-order valence-corrected chi connectivity index (χ4v) is 1.45. The first-order valence-electron chi connectivity index (χ1n) is 5.86. The molecule has 0 radical (unpaired) electrons. The summed E-state index contributed by atoms with van der Waals surface area (Å²) in [6.07, 6.45) is 0.947. The van der Waals surface area contributed by atoms with Gasteiger partial charge in [-0.25, -0.2) is 4.39 Å². The number of hydrogen-bond acceptors (Lipinski definition) is 3. The van der Waals surface area contributed by atoms with Gasteiger partial charge in [0.15, 0.2) is 0 Å². The smallest absolute Gasteiger partial charge is 0.304 e. The number of carbonyl (C=O) groups is 1. The Morgan fingerprint density at radius 1 is 1.33 bits per heavy atom. The SMILES string of the molecule is CN(CCCOc1ccc(F)cc1)CCC(=O)O. The number of carboxylic acid groups (broad SMARTS) is 1. The van der Waals surface area contributed by atoms with Crippen LogP contribution < -0.4 is 4.74 Å². The van der Waals surface area contributed by atoms with Crippen LogP contribution in [0.3, 0.4) is 0 Å². The van der Waals surface area contributed by atoms with E-state index in [1.54, 1.807) is 12.1 Å². The van der Waals surface area contributed by atoms with E-state index in [-0.39, 0.29) is 12.2 Å². The normalized spacial score (nSPS) is 10.6. The summed E-state index contributed by atoms with van der Waals surface area (Å²) < 4.78 is 18.0. The van der Waals surface area contributed by atoms with Crippen LogP contribution in [0.4, 0.5) is 4.39 Å². The number of nitrogens with zero attached hydrogens (tertiary/aromatic N) is 1. The average Bonchev–Trinajstić information content (AvgIpc) is 2.34. The largest absolute Gasteiger partial charge is 0.494 e. The van der Waals surface area contributed by atoms with Gasteiger partial charge in [0.25, 0.3) is 0 Å². The first-order valence-corrected chi connectivity index (χ1v) is 5.86. The van der Waals surface area contributed by atoms with Crippen LogP contribution in [0, 0.1) is 5.82 Å². The van der Waals surface area contributed by atoms with Crippen molar-refractivity contribution < 1.29 is 19.0 Å². The van der Waals surface area contributed by atoms with Crippen LogP contribution in [0.2, 0.25) is 0 Å². The number of ether oxygens (including phenoxy) is 1. The van der Waals surface area contributed by atoms with Crippen molar-refractivity contribution in [1.82, 2.24) is 4.90 Å². The average molecular weight is 255 g/mol. The van der Waals surface area contributed by atoms with E-state index in [9.17, 15) is 9.18 Å². The van der Waals surface area contributed by atoms with Gasteiger partial charge in [-0.1, -0.05) is 0 Å². The Labute approximate surface area is 106 Å². The van der Waals surface area contributed by atoms with Crippen LogP contribution in [0.5, 0.6) is 5.75 Å². The van der Waals surface area contributed by atoms with E-state index >= 15 is 0 Å². The molecule has 0 aromatic heterocycles. The highest BCUT2D eigenvalue weighted by molar-refractivity contribution is 5.66. The van der Waals surface area contributed by atoms with E-state index in [0.717, 1.165) is 13.0 Å². The Hall–Kier alpha value is -1.62. The Morgan fingerprint density at radius 2 is 2.00 bits per heavy atom. The summed E-state index contributed by atoms with van der Waals surface area (Å²) in [5.74, 6) is -0.426. The van der Waals surface area contributed by atoms with Crippen LogP contribution in [0.25, 0.3) is 0 Å². The third-order valence-electron chi connectivity index (χ3n) is 2.47. The van der Waals surface area contributed by atoms with E-state index in [1.807, 2.05) is 11.9 Å². The Bertz CT molecular complexity index is 367. The summed E-state index contributed by atoms with van der Waals surface area (Å²) in [6, 6.07) is 5.88. The standard InChI is InChI=1S/C13H18FNO3/c1-15(9-7-13(16)17)8-2-10-18-12-5-3-11(14)4-6-12/h3-6H,2,7-10H2,1H3,(H,16,17). The second-order valence-corrected chi connectivity index (χ2v) is 4.10. The molecule has 1 N–H and O–H groups in total. The maximum atomic E-state index is 12.6. The van der Waals surface area contributed by atoms with Crippen molar-refractivity contribution in [2.45, 2.75) is 12.8 Å². The summed E-state index contributed by atoms with van der Waals surface area (Å²) in [5.41, 5.74) is 0. The maximum absolute atomic E-state index is 12.6. The van der Waals surface area contributed by atoms with Crippen molar-refractivity contribution in [3.8, 4) is 5.75 Å². The maximum Gasteiger partial charge on any atom is 0.304 e. The molecule has 4 nitrogen and oxygen atoms in total. The van der Waals surface area contributed by atoms with E-state index in [0.29, 0.717) is 18.9 Å². The molecule has 0 aliphatic rings. The lowest BCUT2D eigenvalue weighted by molar-refractivity contribution is -0.137. The minimum absolute atomic E-state index is 0.148. The van der Waals surface area contributed by atoms with Gasteiger partial charge in [-0.05, 0) is 37.7 Å². The van der Waals surface area contributed by atoms with Gasteiger partial charge in [0.1, 0.15) is 11.6 Å². The van der Waals surface area contributed by atoms with E-state index < -0.39 is 5.97 Å². The number of aliphatic carboxylic acids is 1. The molecule has 0 aliphatic carbocycles. The molecule has 0 spiro atoms. The first-order chi connectivity index (χ1) is 8.58. The molecule has 1 aromatic rings. The number of benzene rings is 1. The van der Waals surface area contributed by atoms with Crippen LogP contribution >= 0.6 is 0 Å². The van der Waals surface area contributed by atoms with E-state index in [2.05, 4.69) is 0 Å². The number of carboxylic acids is 1. The molecule has 100 valence electrons. The lowest BCUT2D eigenvalue weighted by atomic mass is 10.3. The molecule has 0 saturated heterocycles. The minimum Gasteiger partial charge on any atom is -0.494 e. The van der Waals surface area contributed by atoms with Gasteiger partial charge in [-0.3, -0.25) is 4.79 Å². The van der Waals surface area contributed by atoms with Crippen molar-refractivity contribution in [3.05, 3.63) is 30.1 Å². The Balaban J connectivity index is 2.11. The van der Waals surface area contributed by atoms with E-state index in [4.69, 9.17) is 9.84 Å². The highest BCUT2D eigenvalue weighted by Gasteiger charge is 2.02. The van der Waals surface area contributed by atoms with Gasteiger partial charge in [0, 0.05) is 13.1 Å².